The van der Waals surface area contributed by atoms with E-state index < -0.39 is 22.9 Å². The molecule has 1 aromatic carbocycles. The molecule has 0 saturated heterocycles. The minimum absolute atomic E-state index is 0.0673. The van der Waals surface area contributed by atoms with Gasteiger partial charge in [0.15, 0.2) is 5.04 Å². The molecule has 110 valence electrons. The zero-order valence-electron chi connectivity index (χ0n) is 10.6. The molecule has 0 aromatic heterocycles. The summed E-state index contributed by atoms with van der Waals surface area (Å²) in [6, 6.07) is 3.78. The lowest BCUT2D eigenvalue weighted by Crippen LogP contribution is -2.51. The minimum atomic E-state index is -0.712. The number of nitrogens with two attached hydrogens (primary N) is 2. The fourth-order valence-electron chi connectivity index (χ4n) is 1.60. The summed E-state index contributed by atoms with van der Waals surface area (Å²) in [5, 5.41) is 7.24. The Morgan fingerprint density at radius 3 is 2.90 bits per heavy atom. The van der Waals surface area contributed by atoms with Gasteiger partial charge >= 0.3 is 0 Å². The highest BCUT2D eigenvalue weighted by molar-refractivity contribution is 8.16. The molecule has 0 radical (unpaired) electrons. The minimum Gasteiger partial charge on any atom is -0.325 e. The number of carbonyl (C=O) groups excluding carboxylic acids is 2. The van der Waals surface area contributed by atoms with E-state index in [9.17, 15) is 14.0 Å². The van der Waals surface area contributed by atoms with E-state index in [2.05, 4.69) is 10.3 Å². The van der Waals surface area contributed by atoms with E-state index in [1.165, 1.54) is 12.1 Å². The second kappa shape index (κ2) is 6.23. The number of nitrogens with zero attached hydrogens (tertiary/aromatic N) is 1. The van der Waals surface area contributed by atoms with Crippen molar-refractivity contribution in [2.75, 3.05) is 5.32 Å². The zero-order valence-corrected chi connectivity index (χ0v) is 12.2. The third-order valence-electron chi connectivity index (χ3n) is 2.57. The Morgan fingerprint density at radius 2 is 2.29 bits per heavy atom. The van der Waals surface area contributed by atoms with Crippen LogP contribution in [0, 0.1) is 5.82 Å². The Kier molecular flexibility index (Phi) is 4.59. The van der Waals surface area contributed by atoms with Crippen LogP contribution >= 0.6 is 23.4 Å². The molecule has 0 aliphatic carbocycles. The van der Waals surface area contributed by atoms with Crippen molar-refractivity contribution in [2.24, 2.45) is 10.7 Å². The van der Waals surface area contributed by atoms with Crippen LogP contribution in [0.15, 0.2) is 23.2 Å². The predicted molar refractivity (Wildman–Crippen MR) is 79.6 cm³/mol. The lowest BCUT2D eigenvalue weighted by atomic mass is 10.2. The Bertz CT molecular complexity index is 665. The van der Waals surface area contributed by atoms with Crippen molar-refractivity contribution in [2.45, 2.75) is 11.7 Å². The van der Waals surface area contributed by atoms with Crippen molar-refractivity contribution in [1.82, 2.24) is 0 Å². The molecule has 6 nitrogen and oxygen atoms in total. The van der Waals surface area contributed by atoms with Crippen molar-refractivity contribution < 1.29 is 19.4 Å². The summed E-state index contributed by atoms with van der Waals surface area (Å²) in [5.74, 6) is -1.62. The van der Waals surface area contributed by atoms with Gasteiger partial charge in [0.25, 0.3) is 5.84 Å². The quantitative estimate of drug-likeness (QED) is 0.534. The highest BCUT2D eigenvalue weighted by Gasteiger charge is 2.31. The molecule has 0 fully saturated rings. The number of thioether (sulfide) groups is 1. The number of hydrogen-bond donors (Lipinski definition) is 3. The van der Waals surface area contributed by atoms with Crippen LogP contribution in [-0.2, 0) is 9.59 Å². The molecule has 1 aromatic rings. The first-order valence-electron chi connectivity index (χ1n) is 5.79. The van der Waals surface area contributed by atoms with Crippen LogP contribution in [0.25, 0.3) is 0 Å². The predicted octanol–water partition coefficient (Wildman–Crippen LogP) is -0.0355. The molecule has 1 atom stereocenters. The van der Waals surface area contributed by atoms with Crippen LogP contribution in [-0.4, -0.2) is 27.9 Å². The van der Waals surface area contributed by atoms with Gasteiger partial charge in [0.2, 0.25) is 11.8 Å². The average molecular weight is 330 g/mol. The van der Waals surface area contributed by atoms with Gasteiger partial charge in [-0.15, -0.1) is 0 Å². The first kappa shape index (κ1) is 15.5. The van der Waals surface area contributed by atoms with Gasteiger partial charge in [-0.05, 0) is 18.2 Å². The standard InChI is InChI=1S/C12H10ClFN4O2S/c13-6-3-5(1-2-7(6)14)17-11(20)8-4-9(19)18-12(21-8)10(15)16/h1-3,8H,4H2,(H3,15,16)(H,17,20)/p+1/t8-/m0/s1. The molecule has 9 heteroatoms. The maximum atomic E-state index is 13.0. The van der Waals surface area contributed by atoms with E-state index in [1.54, 1.807) is 0 Å². The summed E-state index contributed by atoms with van der Waals surface area (Å²) < 4.78 is 13.0. The van der Waals surface area contributed by atoms with Crippen molar-refractivity contribution in [3.05, 3.63) is 29.0 Å². The van der Waals surface area contributed by atoms with Gasteiger partial charge in [0.05, 0.1) is 16.7 Å². The van der Waals surface area contributed by atoms with Crippen LogP contribution < -0.4 is 16.5 Å². The summed E-state index contributed by atoms with van der Waals surface area (Å²) in [4.78, 5) is 27.2. The van der Waals surface area contributed by atoms with Crippen LogP contribution in [0.1, 0.15) is 6.42 Å². The number of carbonyl (C=O) groups is 2. The van der Waals surface area contributed by atoms with E-state index in [0.29, 0.717) is 5.69 Å². The summed E-state index contributed by atoms with van der Waals surface area (Å²) in [5.41, 5.74) is 5.71. The monoisotopic (exact) mass is 329 g/mol. The number of aliphatic imine (C=N–C) groups is 1. The smallest absolute Gasteiger partial charge is 0.296 e. The lowest BCUT2D eigenvalue weighted by Gasteiger charge is -2.18. The summed E-state index contributed by atoms with van der Waals surface area (Å²) in [7, 11) is 0. The number of anilines is 1. The van der Waals surface area contributed by atoms with E-state index in [0.717, 1.165) is 17.8 Å². The van der Waals surface area contributed by atoms with E-state index >= 15 is 0 Å². The lowest BCUT2D eigenvalue weighted by molar-refractivity contribution is -0.122. The number of rotatable bonds is 3. The highest BCUT2D eigenvalue weighted by atomic mass is 35.5. The maximum Gasteiger partial charge on any atom is 0.296 e. The number of amides is 2. The molecule has 0 spiro atoms. The molecule has 0 saturated carbocycles. The van der Waals surface area contributed by atoms with Crippen LogP contribution in [0.4, 0.5) is 10.1 Å². The van der Waals surface area contributed by atoms with Crippen LogP contribution in [0.3, 0.4) is 0 Å². The molecule has 1 heterocycles. The molecule has 0 bridgehead atoms. The molecule has 21 heavy (non-hydrogen) atoms. The molecule has 2 rings (SSSR count). The van der Waals surface area contributed by atoms with Gasteiger partial charge < -0.3 is 5.32 Å². The van der Waals surface area contributed by atoms with Crippen molar-refractivity contribution in [3.8, 4) is 0 Å². The van der Waals surface area contributed by atoms with Crippen molar-refractivity contribution in [1.29, 1.82) is 0 Å². The fraction of sp³-hybridized carbons (Fsp3) is 0.167. The topological polar surface area (TPSA) is 110 Å². The zero-order chi connectivity index (χ0) is 15.6. The SMILES string of the molecule is NC(=[NH2+])C1=NC(=O)C[C@@H](C(=O)Nc2ccc(F)c(Cl)c2)S1. The van der Waals surface area contributed by atoms with Gasteiger partial charge in [-0.3, -0.25) is 20.7 Å². The number of amidine groups is 1. The van der Waals surface area contributed by atoms with Crippen LogP contribution in [0.5, 0.6) is 0 Å². The fourth-order valence-corrected chi connectivity index (χ4v) is 2.73. The second-order valence-electron chi connectivity index (χ2n) is 4.19. The molecule has 5 N–H and O–H groups in total. The number of hydrogen-bond acceptors (Lipinski definition) is 3. The molecule has 0 unspecified atom stereocenters. The van der Waals surface area contributed by atoms with Gasteiger partial charge in [-0.1, -0.05) is 23.4 Å². The van der Waals surface area contributed by atoms with Gasteiger partial charge in [0, 0.05) is 5.69 Å². The van der Waals surface area contributed by atoms with E-state index in [-0.39, 0.29) is 22.3 Å². The Labute approximate surface area is 128 Å². The maximum absolute atomic E-state index is 13.0. The Hall–Kier alpha value is -1.93. The number of nitrogens with one attached hydrogen (secondary N) is 1. The molecule has 1 aliphatic rings. The van der Waals surface area contributed by atoms with Gasteiger partial charge in [-0.25, -0.2) is 4.39 Å². The highest BCUT2D eigenvalue weighted by Crippen LogP contribution is 2.25. The third-order valence-corrected chi connectivity index (χ3v) is 4.07. The normalized spacial score (nSPS) is 18.1. The van der Waals surface area contributed by atoms with Gasteiger partial charge in [0.1, 0.15) is 5.82 Å². The average Bonchev–Trinajstić information content (AvgIpc) is 2.42. The first-order chi connectivity index (χ1) is 9.86. The summed E-state index contributed by atoms with van der Waals surface area (Å²) in [6.45, 7) is 0. The van der Waals surface area contributed by atoms with Gasteiger partial charge in [-0.2, -0.15) is 4.99 Å². The first-order valence-corrected chi connectivity index (χ1v) is 7.05. The summed E-state index contributed by atoms with van der Waals surface area (Å²) in [6.07, 6.45) is -0.0673. The largest absolute Gasteiger partial charge is 0.325 e. The van der Waals surface area contributed by atoms with Crippen LogP contribution in [0.2, 0.25) is 5.02 Å². The van der Waals surface area contributed by atoms with Crippen molar-refractivity contribution >= 4 is 51.7 Å². The van der Waals surface area contributed by atoms with E-state index in [1.807, 2.05) is 0 Å². The Morgan fingerprint density at radius 1 is 1.57 bits per heavy atom. The molecular weight excluding hydrogens is 319 g/mol. The molecule has 1 aliphatic heterocycles. The number of benzene rings is 1. The number of halogens is 2. The summed E-state index contributed by atoms with van der Waals surface area (Å²) >= 11 is 6.63. The Balaban J connectivity index is 2.10. The second-order valence-corrected chi connectivity index (χ2v) is 5.79. The third kappa shape index (κ3) is 3.79. The van der Waals surface area contributed by atoms with Crippen molar-refractivity contribution in [3.63, 3.8) is 0 Å². The van der Waals surface area contributed by atoms with E-state index in [4.69, 9.17) is 22.7 Å². The molecule has 2 amide bonds. The molecular formula is C12H11ClFN4O2S+.